The monoisotopic (exact) mass is 285 g/mol. The zero-order chi connectivity index (χ0) is 14.1. The lowest BCUT2D eigenvalue weighted by molar-refractivity contribution is 0.111. The smallest absolute Gasteiger partial charge is 0.167 e. The largest absolute Gasteiger partial charge is 0.497 e. The number of hydrogen-bond donors (Lipinski definition) is 0. The Morgan fingerprint density at radius 1 is 1.15 bits per heavy atom. The number of pyridine rings is 1. The molecule has 0 fully saturated rings. The molecule has 20 heavy (non-hydrogen) atoms. The fourth-order valence-corrected chi connectivity index (χ4v) is 2.59. The molecule has 0 aliphatic heterocycles. The van der Waals surface area contributed by atoms with Crippen molar-refractivity contribution < 1.29 is 9.53 Å². The number of nitrogens with zero attached hydrogens (tertiary/aromatic N) is 1. The quantitative estimate of drug-likeness (QED) is 0.679. The van der Waals surface area contributed by atoms with Gasteiger partial charge >= 0.3 is 0 Å². The Balaban J connectivity index is 2.26. The molecule has 3 nitrogen and oxygen atoms in total. The summed E-state index contributed by atoms with van der Waals surface area (Å²) in [6, 6.07) is 13.2. The van der Waals surface area contributed by atoms with Gasteiger partial charge in [0.1, 0.15) is 5.75 Å². The zero-order valence-corrected chi connectivity index (χ0v) is 11.6. The van der Waals surface area contributed by atoms with Crippen molar-refractivity contribution in [3.05, 3.63) is 59.4 Å². The van der Waals surface area contributed by atoms with Crippen LogP contribution in [0.5, 0.6) is 5.75 Å². The zero-order valence-electron chi connectivity index (χ0n) is 10.8. The third-order valence-electron chi connectivity index (χ3n) is 3.30. The first-order valence-corrected chi connectivity index (χ1v) is 6.51. The van der Waals surface area contributed by atoms with E-state index in [1.54, 1.807) is 13.2 Å². The van der Waals surface area contributed by atoms with Crippen molar-refractivity contribution in [3.8, 4) is 16.9 Å². The molecule has 0 aliphatic rings. The molecular weight excluding hydrogens is 274 g/mol. The van der Waals surface area contributed by atoms with Crippen molar-refractivity contribution in [2.75, 3.05) is 7.11 Å². The van der Waals surface area contributed by atoms with Gasteiger partial charge in [-0.25, -0.2) is 0 Å². The van der Waals surface area contributed by atoms with Crippen LogP contribution in [0.1, 0.15) is 10.5 Å². The maximum atomic E-state index is 11.4. The van der Waals surface area contributed by atoms with Crippen LogP contribution in [0.3, 0.4) is 0 Å². The van der Waals surface area contributed by atoms with Crippen LogP contribution in [0.4, 0.5) is 0 Å². The Labute approximate surface area is 121 Å². The normalized spacial score (nSPS) is 10.7. The van der Waals surface area contributed by atoms with Gasteiger partial charge < -0.3 is 9.14 Å². The maximum Gasteiger partial charge on any atom is 0.167 e. The summed E-state index contributed by atoms with van der Waals surface area (Å²) >= 11 is 6.29. The van der Waals surface area contributed by atoms with Crippen LogP contribution < -0.4 is 4.74 Å². The molecule has 2 aromatic heterocycles. The Hall–Kier alpha value is -2.26. The van der Waals surface area contributed by atoms with Gasteiger partial charge in [0, 0.05) is 22.8 Å². The lowest BCUT2D eigenvalue weighted by Crippen LogP contribution is -1.92. The SMILES string of the molecule is COc1ccc(-c2cc3ccccn3c2C=O)c(Cl)c1. The van der Waals surface area contributed by atoms with Crippen molar-refractivity contribution in [1.82, 2.24) is 4.40 Å². The summed E-state index contributed by atoms with van der Waals surface area (Å²) in [5, 5.41) is 0.559. The highest BCUT2D eigenvalue weighted by molar-refractivity contribution is 6.33. The van der Waals surface area contributed by atoms with Crippen molar-refractivity contribution in [1.29, 1.82) is 0 Å². The number of halogens is 1. The second-order valence-electron chi connectivity index (χ2n) is 4.40. The van der Waals surface area contributed by atoms with Crippen molar-refractivity contribution >= 4 is 23.4 Å². The van der Waals surface area contributed by atoms with Gasteiger partial charge in [0.25, 0.3) is 0 Å². The molecule has 0 radical (unpaired) electrons. The summed E-state index contributed by atoms with van der Waals surface area (Å²) in [5.74, 6) is 0.690. The highest BCUT2D eigenvalue weighted by Crippen LogP contribution is 2.34. The van der Waals surface area contributed by atoms with E-state index >= 15 is 0 Å². The average molecular weight is 286 g/mol. The summed E-state index contributed by atoms with van der Waals surface area (Å²) in [6.45, 7) is 0. The van der Waals surface area contributed by atoms with E-state index in [0.717, 1.165) is 22.9 Å². The van der Waals surface area contributed by atoms with Crippen LogP contribution in [-0.2, 0) is 0 Å². The summed E-state index contributed by atoms with van der Waals surface area (Å²) in [7, 11) is 1.59. The topological polar surface area (TPSA) is 30.7 Å². The van der Waals surface area contributed by atoms with Gasteiger partial charge in [-0.15, -0.1) is 0 Å². The standard InChI is InChI=1S/C16H12ClNO2/c1-20-12-5-6-13(15(17)9-12)14-8-11-4-2-3-7-18(11)16(14)10-19/h2-10H,1H3. The molecule has 100 valence electrons. The molecule has 0 atom stereocenters. The Kier molecular flexibility index (Phi) is 3.20. The minimum atomic E-state index is 0.559. The minimum absolute atomic E-state index is 0.559. The van der Waals surface area contributed by atoms with Gasteiger partial charge in [0.15, 0.2) is 6.29 Å². The summed E-state index contributed by atoms with van der Waals surface area (Å²) in [4.78, 5) is 11.4. The molecule has 3 rings (SSSR count). The predicted molar refractivity (Wildman–Crippen MR) is 79.8 cm³/mol. The molecule has 0 spiro atoms. The number of fused-ring (bicyclic) bond motifs is 1. The van der Waals surface area contributed by atoms with E-state index in [0.29, 0.717) is 16.5 Å². The molecule has 0 unspecified atom stereocenters. The van der Waals surface area contributed by atoms with Crippen LogP contribution in [0.15, 0.2) is 48.7 Å². The lowest BCUT2D eigenvalue weighted by Gasteiger charge is -2.06. The Morgan fingerprint density at radius 2 is 2.00 bits per heavy atom. The van der Waals surface area contributed by atoms with E-state index in [4.69, 9.17) is 16.3 Å². The van der Waals surface area contributed by atoms with Gasteiger partial charge in [-0.2, -0.15) is 0 Å². The Bertz CT molecular complexity index is 792. The number of ether oxygens (including phenoxy) is 1. The summed E-state index contributed by atoms with van der Waals surface area (Å²) in [5.41, 5.74) is 3.18. The number of aromatic nitrogens is 1. The van der Waals surface area contributed by atoms with Crippen LogP contribution in [0, 0.1) is 0 Å². The number of carbonyl (C=O) groups is 1. The molecule has 2 heterocycles. The molecule has 0 aliphatic carbocycles. The van der Waals surface area contributed by atoms with Crippen molar-refractivity contribution in [2.45, 2.75) is 0 Å². The van der Waals surface area contributed by atoms with Gasteiger partial charge in [0.05, 0.1) is 17.8 Å². The molecule has 0 N–H and O–H groups in total. The van der Waals surface area contributed by atoms with Gasteiger partial charge in [0.2, 0.25) is 0 Å². The van der Waals surface area contributed by atoms with E-state index in [1.807, 2.05) is 47.0 Å². The van der Waals surface area contributed by atoms with E-state index < -0.39 is 0 Å². The third kappa shape index (κ3) is 1.96. The molecular formula is C16H12ClNO2. The molecule has 0 saturated heterocycles. The highest BCUT2D eigenvalue weighted by Gasteiger charge is 2.14. The molecule has 0 bridgehead atoms. The van der Waals surface area contributed by atoms with E-state index in [9.17, 15) is 4.79 Å². The number of aldehydes is 1. The first kappa shape index (κ1) is 12.8. The second kappa shape index (κ2) is 5.02. The number of hydrogen-bond acceptors (Lipinski definition) is 2. The number of carbonyl (C=O) groups excluding carboxylic acids is 1. The maximum absolute atomic E-state index is 11.4. The third-order valence-corrected chi connectivity index (χ3v) is 3.61. The highest BCUT2D eigenvalue weighted by atomic mass is 35.5. The number of methoxy groups -OCH3 is 1. The molecule has 3 aromatic rings. The molecule has 0 saturated carbocycles. The van der Waals surface area contributed by atoms with Gasteiger partial charge in [-0.1, -0.05) is 17.7 Å². The number of benzene rings is 1. The summed E-state index contributed by atoms with van der Waals surface area (Å²) < 4.78 is 6.99. The lowest BCUT2D eigenvalue weighted by atomic mass is 10.1. The van der Waals surface area contributed by atoms with Crippen LogP contribution in [-0.4, -0.2) is 17.8 Å². The van der Waals surface area contributed by atoms with Crippen LogP contribution in [0.25, 0.3) is 16.6 Å². The Morgan fingerprint density at radius 3 is 2.70 bits per heavy atom. The number of rotatable bonds is 3. The van der Waals surface area contributed by atoms with Crippen LogP contribution >= 0.6 is 11.6 Å². The average Bonchev–Trinajstić information content (AvgIpc) is 2.85. The molecule has 4 heteroatoms. The van der Waals surface area contributed by atoms with Gasteiger partial charge in [-0.05, 0) is 36.4 Å². The van der Waals surface area contributed by atoms with E-state index in [2.05, 4.69) is 0 Å². The second-order valence-corrected chi connectivity index (χ2v) is 4.81. The fourth-order valence-electron chi connectivity index (χ4n) is 2.32. The van der Waals surface area contributed by atoms with Crippen molar-refractivity contribution in [3.63, 3.8) is 0 Å². The molecule has 1 aromatic carbocycles. The molecule has 0 amide bonds. The van der Waals surface area contributed by atoms with E-state index in [-0.39, 0.29) is 0 Å². The van der Waals surface area contributed by atoms with E-state index in [1.165, 1.54) is 0 Å². The first-order chi connectivity index (χ1) is 9.74. The van der Waals surface area contributed by atoms with Crippen molar-refractivity contribution in [2.24, 2.45) is 0 Å². The van der Waals surface area contributed by atoms with Gasteiger partial charge in [-0.3, -0.25) is 4.79 Å². The predicted octanol–water partition coefficient (Wildman–Crippen LogP) is 4.08. The fraction of sp³-hybridized carbons (Fsp3) is 0.0625. The minimum Gasteiger partial charge on any atom is -0.497 e. The van der Waals surface area contributed by atoms with Crippen LogP contribution in [0.2, 0.25) is 5.02 Å². The summed E-state index contributed by atoms with van der Waals surface area (Å²) in [6.07, 6.45) is 2.71. The first-order valence-electron chi connectivity index (χ1n) is 6.14.